The SMILES string of the molecule is CC1=C(C(=O)N2C[C@@H]3C[C@H]2CN3C(=O)c2occ(C)c2C)Cn2nnnc2N1C. The molecule has 5 rings (SSSR count). The lowest BCUT2D eigenvalue weighted by Gasteiger charge is -2.36. The summed E-state index contributed by atoms with van der Waals surface area (Å²) >= 11 is 0. The van der Waals surface area contributed by atoms with E-state index in [0.29, 0.717) is 36.9 Å². The average molecular weight is 397 g/mol. The Labute approximate surface area is 167 Å². The second-order valence-corrected chi connectivity index (χ2v) is 8.09. The fraction of sp³-hybridized carbons (Fsp3) is 0.526. The van der Waals surface area contributed by atoms with Crippen molar-refractivity contribution in [2.24, 2.45) is 0 Å². The minimum absolute atomic E-state index is 0.000114. The summed E-state index contributed by atoms with van der Waals surface area (Å²) in [6.45, 7) is 7.18. The van der Waals surface area contributed by atoms with Crippen LogP contribution >= 0.6 is 0 Å². The van der Waals surface area contributed by atoms with Crippen LogP contribution in [0.2, 0.25) is 0 Å². The summed E-state index contributed by atoms with van der Waals surface area (Å²) in [5.41, 5.74) is 3.40. The van der Waals surface area contributed by atoms with Gasteiger partial charge in [-0.05, 0) is 43.2 Å². The van der Waals surface area contributed by atoms with Crippen LogP contribution in [0.3, 0.4) is 0 Å². The van der Waals surface area contributed by atoms with Crippen molar-refractivity contribution in [2.75, 3.05) is 25.0 Å². The Morgan fingerprint density at radius 2 is 1.79 bits per heavy atom. The number of hydrogen-bond donors (Lipinski definition) is 0. The normalized spacial score (nSPS) is 23.2. The predicted molar refractivity (Wildman–Crippen MR) is 102 cm³/mol. The fourth-order valence-electron chi connectivity index (χ4n) is 4.56. The Hall–Kier alpha value is -3.17. The summed E-state index contributed by atoms with van der Waals surface area (Å²) in [6.07, 6.45) is 2.42. The molecule has 2 bridgehead atoms. The van der Waals surface area contributed by atoms with Crippen LogP contribution in [-0.4, -0.2) is 74.0 Å². The van der Waals surface area contributed by atoms with Gasteiger partial charge >= 0.3 is 0 Å². The number of aryl methyl sites for hydroxylation is 1. The van der Waals surface area contributed by atoms with Gasteiger partial charge in [0.2, 0.25) is 5.95 Å². The first kappa shape index (κ1) is 17.9. The van der Waals surface area contributed by atoms with Gasteiger partial charge in [0, 0.05) is 31.4 Å². The molecule has 0 aromatic carbocycles. The van der Waals surface area contributed by atoms with E-state index in [-0.39, 0.29) is 23.9 Å². The van der Waals surface area contributed by atoms with Gasteiger partial charge in [-0.25, -0.2) is 4.68 Å². The molecule has 2 fully saturated rings. The maximum atomic E-state index is 13.3. The van der Waals surface area contributed by atoms with Crippen molar-refractivity contribution in [3.05, 3.63) is 34.4 Å². The molecule has 3 aliphatic rings. The zero-order chi connectivity index (χ0) is 20.4. The number of nitrogens with zero attached hydrogens (tertiary/aromatic N) is 7. The van der Waals surface area contributed by atoms with Crippen molar-refractivity contribution in [3.8, 4) is 0 Å². The molecule has 29 heavy (non-hydrogen) atoms. The maximum absolute atomic E-state index is 13.3. The second-order valence-electron chi connectivity index (χ2n) is 8.09. The van der Waals surface area contributed by atoms with Crippen molar-refractivity contribution in [1.82, 2.24) is 30.0 Å². The zero-order valence-corrected chi connectivity index (χ0v) is 16.9. The smallest absolute Gasteiger partial charge is 0.290 e. The van der Waals surface area contributed by atoms with Crippen LogP contribution in [0.15, 0.2) is 22.0 Å². The van der Waals surface area contributed by atoms with Crippen LogP contribution in [0, 0.1) is 13.8 Å². The summed E-state index contributed by atoms with van der Waals surface area (Å²) in [4.78, 5) is 31.8. The van der Waals surface area contributed by atoms with E-state index in [1.54, 1.807) is 10.9 Å². The third kappa shape index (κ3) is 2.51. The maximum Gasteiger partial charge on any atom is 0.290 e. The number of fused-ring (bicyclic) bond motifs is 3. The molecule has 5 heterocycles. The number of tetrazole rings is 1. The lowest BCUT2D eigenvalue weighted by molar-refractivity contribution is -0.129. The Bertz CT molecular complexity index is 1050. The molecule has 10 heteroatoms. The van der Waals surface area contributed by atoms with Crippen molar-refractivity contribution < 1.29 is 14.0 Å². The van der Waals surface area contributed by atoms with Gasteiger partial charge in [0.1, 0.15) is 0 Å². The lowest BCUT2D eigenvalue weighted by Crippen LogP contribution is -2.51. The van der Waals surface area contributed by atoms with Crippen LogP contribution < -0.4 is 4.90 Å². The van der Waals surface area contributed by atoms with Gasteiger partial charge in [-0.15, -0.1) is 0 Å². The molecule has 0 radical (unpaired) electrons. The summed E-state index contributed by atoms with van der Waals surface area (Å²) in [7, 11) is 1.86. The first-order valence-corrected chi connectivity index (χ1v) is 9.73. The summed E-state index contributed by atoms with van der Waals surface area (Å²) in [5, 5.41) is 11.7. The number of aromatic nitrogens is 4. The molecule has 0 saturated carbocycles. The Morgan fingerprint density at radius 3 is 2.41 bits per heavy atom. The minimum Gasteiger partial charge on any atom is -0.459 e. The highest BCUT2D eigenvalue weighted by Gasteiger charge is 2.48. The van der Waals surface area contributed by atoms with Gasteiger partial charge in [0.25, 0.3) is 11.8 Å². The molecule has 10 nitrogen and oxygen atoms in total. The van der Waals surface area contributed by atoms with Crippen molar-refractivity contribution in [1.29, 1.82) is 0 Å². The Morgan fingerprint density at radius 1 is 1.10 bits per heavy atom. The molecule has 0 spiro atoms. The zero-order valence-electron chi connectivity index (χ0n) is 16.9. The topological polar surface area (TPSA) is 101 Å². The molecule has 152 valence electrons. The quantitative estimate of drug-likeness (QED) is 0.736. The van der Waals surface area contributed by atoms with E-state index in [1.807, 2.05) is 42.5 Å². The van der Waals surface area contributed by atoms with E-state index in [2.05, 4.69) is 15.5 Å². The number of hydrogen-bond acceptors (Lipinski definition) is 7. The minimum atomic E-state index is -0.0821. The van der Waals surface area contributed by atoms with Gasteiger partial charge in [0.05, 0.1) is 30.5 Å². The number of furan rings is 1. The number of amides is 2. The molecule has 0 aliphatic carbocycles. The number of likely N-dealkylation sites (tertiary alicyclic amines) is 2. The van der Waals surface area contributed by atoms with E-state index in [0.717, 1.165) is 23.2 Å². The molecule has 0 N–H and O–H groups in total. The number of piperazine rings is 1. The lowest BCUT2D eigenvalue weighted by atomic mass is 10.1. The molecule has 2 saturated heterocycles. The third-order valence-electron chi connectivity index (χ3n) is 6.56. The highest BCUT2D eigenvalue weighted by atomic mass is 16.3. The number of carbonyl (C=O) groups is 2. The number of anilines is 1. The van der Waals surface area contributed by atoms with E-state index in [4.69, 9.17) is 4.42 Å². The van der Waals surface area contributed by atoms with Crippen molar-refractivity contribution in [2.45, 2.75) is 45.8 Å². The Kier molecular flexibility index (Phi) is 3.80. The van der Waals surface area contributed by atoms with Crippen LogP contribution in [0.4, 0.5) is 5.95 Å². The molecular weight excluding hydrogens is 374 g/mol. The highest BCUT2D eigenvalue weighted by molar-refractivity contribution is 5.97. The van der Waals surface area contributed by atoms with E-state index < -0.39 is 0 Å². The molecule has 2 aromatic heterocycles. The fourth-order valence-corrected chi connectivity index (χ4v) is 4.56. The van der Waals surface area contributed by atoms with E-state index >= 15 is 0 Å². The molecular formula is C19H23N7O3. The van der Waals surface area contributed by atoms with Gasteiger partial charge in [-0.2, -0.15) is 0 Å². The number of allylic oxidation sites excluding steroid dienone is 1. The van der Waals surface area contributed by atoms with E-state index in [1.165, 1.54) is 0 Å². The molecule has 2 amide bonds. The summed E-state index contributed by atoms with van der Waals surface area (Å²) in [5.74, 6) is 0.955. The first-order chi connectivity index (χ1) is 13.9. The highest BCUT2D eigenvalue weighted by Crippen LogP contribution is 2.35. The van der Waals surface area contributed by atoms with Crippen molar-refractivity contribution in [3.63, 3.8) is 0 Å². The van der Waals surface area contributed by atoms with Crippen LogP contribution in [0.5, 0.6) is 0 Å². The number of rotatable bonds is 2. The molecule has 2 atom stereocenters. The largest absolute Gasteiger partial charge is 0.459 e. The predicted octanol–water partition coefficient (Wildman–Crippen LogP) is 0.732. The molecule has 0 unspecified atom stereocenters. The molecule has 2 aromatic rings. The first-order valence-electron chi connectivity index (χ1n) is 9.73. The van der Waals surface area contributed by atoms with Crippen molar-refractivity contribution >= 4 is 17.8 Å². The molecule has 3 aliphatic heterocycles. The van der Waals surface area contributed by atoms with Crippen LogP contribution in [-0.2, 0) is 11.3 Å². The van der Waals surface area contributed by atoms with Gasteiger partial charge in [-0.3, -0.25) is 9.59 Å². The van der Waals surface area contributed by atoms with Gasteiger partial charge in [-0.1, -0.05) is 5.10 Å². The van der Waals surface area contributed by atoms with Crippen LogP contribution in [0.25, 0.3) is 0 Å². The van der Waals surface area contributed by atoms with Gasteiger partial charge in [0.15, 0.2) is 5.76 Å². The summed E-state index contributed by atoms with van der Waals surface area (Å²) < 4.78 is 7.12. The third-order valence-corrected chi connectivity index (χ3v) is 6.56. The average Bonchev–Trinajstić information content (AvgIpc) is 3.48. The van der Waals surface area contributed by atoms with Crippen LogP contribution in [0.1, 0.15) is 35.0 Å². The Balaban J connectivity index is 1.33. The number of carbonyl (C=O) groups excluding carboxylic acids is 2. The van der Waals surface area contributed by atoms with Gasteiger partial charge < -0.3 is 19.1 Å². The summed E-state index contributed by atoms with van der Waals surface area (Å²) in [6, 6.07) is 0.0424. The monoisotopic (exact) mass is 397 g/mol. The standard InChI is InChI=1S/C19H23N7O3/c1-10-9-29-16(11(10)2)18(28)25-7-13-5-14(25)6-24(13)17(27)15-8-26-19(20-21-22-26)23(4)12(15)3/h9,13-14H,5-8H2,1-4H3/t13-,14-/m0/s1. The van der Waals surface area contributed by atoms with E-state index in [9.17, 15) is 9.59 Å². The second kappa shape index (κ2) is 6.16.